The number of carboxylic acid groups (broad SMARTS) is 1. The Morgan fingerprint density at radius 3 is 2.67 bits per heavy atom. The summed E-state index contributed by atoms with van der Waals surface area (Å²) >= 11 is 0. The molecule has 0 radical (unpaired) electrons. The smallest absolute Gasteiger partial charge is 0.354 e. The molecule has 0 saturated carbocycles. The van der Waals surface area contributed by atoms with E-state index in [1.165, 1.54) is 18.2 Å². The van der Waals surface area contributed by atoms with Gasteiger partial charge in [0.2, 0.25) is 0 Å². The molecule has 1 N–H and O–H groups in total. The summed E-state index contributed by atoms with van der Waals surface area (Å²) < 4.78 is 0. The number of pyridine rings is 1. The van der Waals surface area contributed by atoms with Crippen LogP contribution in [0.25, 0.3) is 0 Å². The first-order valence-corrected chi connectivity index (χ1v) is 5.70. The van der Waals surface area contributed by atoms with Gasteiger partial charge in [-0.15, -0.1) is 6.58 Å². The minimum atomic E-state index is -1.14. The summed E-state index contributed by atoms with van der Waals surface area (Å²) in [5.74, 6) is -1.42. The first-order valence-electron chi connectivity index (χ1n) is 5.70. The molecule has 1 amide bonds. The van der Waals surface area contributed by atoms with Crippen molar-refractivity contribution in [1.29, 1.82) is 0 Å². The third-order valence-corrected chi connectivity index (χ3v) is 2.32. The number of aromatic carboxylic acids is 1. The third kappa shape index (κ3) is 3.41. The molecule has 1 aromatic rings. The Balaban J connectivity index is 2.96. The quantitative estimate of drug-likeness (QED) is 0.779. The van der Waals surface area contributed by atoms with Crippen LogP contribution in [0.3, 0.4) is 0 Å². The van der Waals surface area contributed by atoms with Gasteiger partial charge in [0.1, 0.15) is 11.4 Å². The summed E-state index contributed by atoms with van der Waals surface area (Å²) in [6.07, 6.45) is 2.45. The molecule has 18 heavy (non-hydrogen) atoms. The second-order valence-corrected chi connectivity index (χ2v) is 3.75. The van der Waals surface area contributed by atoms with E-state index in [1.807, 2.05) is 6.92 Å². The maximum absolute atomic E-state index is 12.1. The average molecular weight is 248 g/mol. The molecule has 0 fully saturated rings. The molecule has 1 aromatic heterocycles. The molecule has 0 aliphatic carbocycles. The van der Waals surface area contributed by atoms with Gasteiger partial charge in [-0.2, -0.15) is 0 Å². The van der Waals surface area contributed by atoms with Crippen molar-refractivity contribution in [2.75, 3.05) is 13.1 Å². The summed E-state index contributed by atoms with van der Waals surface area (Å²) in [7, 11) is 0. The Hall–Kier alpha value is -2.17. The van der Waals surface area contributed by atoms with E-state index in [2.05, 4.69) is 11.6 Å². The van der Waals surface area contributed by atoms with Crippen LogP contribution in [0.4, 0.5) is 0 Å². The maximum atomic E-state index is 12.1. The second-order valence-electron chi connectivity index (χ2n) is 3.75. The molecule has 1 heterocycles. The number of hydrogen-bond acceptors (Lipinski definition) is 3. The van der Waals surface area contributed by atoms with Crippen molar-refractivity contribution in [2.45, 2.75) is 13.3 Å². The van der Waals surface area contributed by atoms with E-state index in [4.69, 9.17) is 5.11 Å². The lowest BCUT2D eigenvalue weighted by molar-refractivity contribution is 0.0690. The first-order chi connectivity index (χ1) is 8.60. The monoisotopic (exact) mass is 248 g/mol. The van der Waals surface area contributed by atoms with Crippen LogP contribution in [0.5, 0.6) is 0 Å². The molecular weight excluding hydrogens is 232 g/mol. The van der Waals surface area contributed by atoms with Gasteiger partial charge in [0.15, 0.2) is 0 Å². The Morgan fingerprint density at radius 2 is 2.11 bits per heavy atom. The predicted octanol–water partition coefficient (Wildman–Crippen LogP) is 1.82. The lowest BCUT2D eigenvalue weighted by atomic mass is 10.2. The third-order valence-electron chi connectivity index (χ3n) is 2.32. The van der Waals surface area contributed by atoms with Crippen LogP contribution in [0, 0.1) is 0 Å². The zero-order valence-electron chi connectivity index (χ0n) is 10.3. The molecule has 5 heteroatoms. The summed E-state index contributed by atoms with van der Waals surface area (Å²) in [6.45, 7) is 6.57. The molecule has 0 aromatic carbocycles. The summed E-state index contributed by atoms with van der Waals surface area (Å²) in [4.78, 5) is 28.3. The van der Waals surface area contributed by atoms with Gasteiger partial charge in [-0.1, -0.05) is 19.1 Å². The van der Waals surface area contributed by atoms with Crippen LogP contribution in [0.15, 0.2) is 30.9 Å². The predicted molar refractivity (Wildman–Crippen MR) is 67.6 cm³/mol. The second kappa shape index (κ2) is 6.54. The number of nitrogens with zero attached hydrogens (tertiary/aromatic N) is 2. The maximum Gasteiger partial charge on any atom is 0.354 e. The van der Waals surface area contributed by atoms with Gasteiger partial charge in [0.25, 0.3) is 5.91 Å². The van der Waals surface area contributed by atoms with Gasteiger partial charge in [-0.3, -0.25) is 4.79 Å². The van der Waals surface area contributed by atoms with Crippen molar-refractivity contribution in [3.05, 3.63) is 42.2 Å². The highest BCUT2D eigenvalue weighted by Crippen LogP contribution is 2.05. The molecule has 5 nitrogen and oxygen atoms in total. The Labute approximate surface area is 106 Å². The van der Waals surface area contributed by atoms with E-state index < -0.39 is 5.97 Å². The van der Waals surface area contributed by atoms with Gasteiger partial charge < -0.3 is 10.0 Å². The van der Waals surface area contributed by atoms with E-state index in [1.54, 1.807) is 11.0 Å². The Kier molecular flexibility index (Phi) is 5.05. The summed E-state index contributed by atoms with van der Waals surface area (Å²) in [5.41, 5.74) is 0.0149. The fourth-order valence-corrected chi connectivity index (χ4v) is 1.54. The zero-order chi connectivity index (χ0) is 13.5. The fourth-order valence-electron chi connectivity index (χ4n) is 1.54. The standard InChI is InChI=1S/C13H16N2O3/c1-3-8-15(9-4-2)12(16)10-6-5-7-11(14-10)13(17)18/h3,5-7H,1,4,8-9H2,2H3,(H,17,18). The number of aromatic nitrogens is 1. The number of hydrogen-bond donors (Lipinski definition) is 1. The van der Waals surface area contributed by atoms with Crippen LogP contribution < -0.4 is 0 Å². The number of carbonyl (C=O) groups excluding carboxylic acids is 1. The largest absolute Gasteiger partial charge is 0.477 e. The first kappa shape index (κ1) is 13.9. The SMILES string of the molecule is C=CCN(CCC)C(=O)c1cccc(C(=O)O)n1. The Morgan fingerprint density at radius 1 is 1.44 bits per heavy atom. The van der Waals surface area contributed by atoms with Gasteiger partial charge in [0, 0.05) is 13.1 Å². The molecule has 0 saturated heterocycles. The number of carbonyl (C=O) groups is 2. The summed E-state index contributed by atoms with van der Waals surface area (Å²) in [6, 6.07) is 4.39. The van der Waals surface area contributed by atoms with E-state index in [-0.39, 0.29) is 17.3 Å². The Bertz CT molecular complexity index is 457. The van der Waals surface area contributed by atoms with Gasteiger partial charge in [-0.05, 0) is 18.6 Å². The van der Waals surface area contributed by atoms with E-state index in [0.717, 1.165) is 6.42 Å². The highest BCUT2D eigenvalue weighted by atomic mass is 16.4. The molecule has 0 aliphatic rings. The number of amides is 1. The van der Waals surface area contributed by atoms with Gasteiger partial charge >= 0.3 is 5.97 Å². The minimum Gasteiger partial charge on any atom is -0.477 e. The van der Waals surface area contributed by atoms with Crippen LogP contribution in [-0.4, -0.2) is 40.0 Å². The van der Waals surface area contributed by atoms with Crippen LogP contribution in [-0.2, 0) is 0 Å². The highest BCUT2D eigenvalue weighted by Gasteiger charge is 2.16. The minimum absolute atomic E-state index is 0.129. The van der Waals surface area contributed by atoms with E-state index >= 15 is 0 Å². The number of carboxylic acids is 1. The van der Waals surface area contributed by atoms with Crippen molar-refractivity contribution in [2.24, 2.45) is 0 Å². The van der Waals surface area contributed by atoms with E-state index in [9.17, 15) is 9.59 Å². The number of rotatable bonds is 6. The molecule has 0 bridgehead atoms. The van der Waals surface area contributed by atoms with Gasteiger partial charge in [-0.25, -0.2) is 9.78 Å². The van der Waals surface area contributed by atoms with Crippen molar-refractivity contribution in [3.63, 3.8) is 0 Å². The lowest BCUT2D eigenvalue weighted by Crippen LogP contribution is -2.32. The van der Waals surface area contributed by atoms with E-state index in [0.29, 0.717) is 13.1 Å². The molecule has 0 atom stereocenters. The van der Waals surface area contributed by atoms with Gasteiger partial charge in [0.05, 0.1) is 0 Å². The highest BCUT2D eigenvalue weighted by molar-refractivity contribution is 5.94. The average Bonchev–Trinajstić information content (AvgIpc) is 2.38. The van der Waals surface area contributed by atoms with Crippen LogP contribution >= 0.6 is 0 Å². The van der Waals surface area contributed by atoms with Crippen molar-refractivity contribution in [1.82, 2.24) is 9.88 Å². The topological polar surface area (TPSA) is 70.5 Å². The molecule has 96 valence electrons. The van der Waals surface area contributed by atoms with Crippen LogP contribution in [0.1, 0.15) is 34.3 Å². The lowest BCUT2D eigenvalue weighted by Gasteiger charge is -2.19. The molecule has 0 spiro atoms. The zero-order valence-corrected chi connectivity index (χ0v) is 10.3. The summed E-state index contributed by atoms with van der Waals surface area (Å²) in [5, 5.41) is 8.83. The molecule has 1 rings (SSSR count). The molecule has 0 unspecified atom stereocenters. The van der Waals surface area contributed by atoms with Crippen molar-refractivity contribution >= 4 is 11.9 Å². The van der Waals surface area contributed by atoms with Crippen LogP contribution in [0.2, 0.25) is 0 Å². The normalized spacial score (nSPS) is 9.83. The van der Waals surface area contributed by atoms with Crippen molar-refractivity contribution in [3.8, 4) is 0 Å². The molecule has 0 aliphatic heterocycles. The fraction of sp³-hybridized carbons (Fsp3) is 0.308. The van der Waals surface area contributed by atoms with Crippen molar-refractivity contribution < 1.29 is 14.7 Å². The molecular formula is C13H16N2O3.